The van der Waals surface area contributed by atoms with Gasteiger partial charge in [0.2, 0.25) is 0 Å². The third-order valence-electron chi connectivity index (χ3n) is 7.44. The zero-order valence-corrected chi connectivity index (χ0v) is 16.2. The number of hydrogen-bond acceptors (Lipinski definition) is 0. The normalized spacial score (nSPS) is 37.2. The van der Waals surface area contributed by atoms with Gasteiger partial charge in [0.25, 0.3) is 0 Å². The van der Waals surface area contributed by atoms with Gasteiger partial charge < -0.3 is 0 Å². The summed E-state index contributed by atoms with van der Waals surface area (Å²) < 4.78 is 0. The van der Waals surface area contributed by atoms with Crippen LogP contribution in [0, 0.1) is 17.3 Å². The Hall–Kier alpha value is -0.780. The van der Waals surface area contributed by atoms with Crippen molar-refractivity contribution in [3.63, 3.8) is 0 Å². The van der Waals surface area contributed by atoms with Gasteiger partial charge in [0.1, 0.15) is 0 Å². The molecular weight excluding hydrogens is 288 g/mol. The van der Waals surface area contributed by atoms with Crippen molar-refractivity contribution in [2.75, 3.05) is 0 Å². The van der Waals surface area contributed by atoms with Crippen LogP contribution >= 0.6 is 0 Å². The molecular formula is C24H38. The monoisotopic (exact) mass is 326 g/mol. The molecule has 0 saturated heterocycles. The Bertz CT molecular complexity index is 506. The van der Waals surface area contributed by atoms with Crippen molar-refractivity contribution in [1.29, 1.82) is 0 Å². The van der Waals surface area contributed by atoms with E-state index in [1.807, 2.05) is 0 Å². The quantitative estimate of drug-likeness (QED) is 0.453. The molecule has 3 rings (SSSR count). The number of unbranched alkanes of at least 4 members (excludes halogenated alkanes) is 2. The van der Waals surface area contributed by atoms with E-state index in [-0.39, 0.29) is 0 Å². The van der Waals surface area contributed by atoms with Gasteiger partial charge in [-0.1, -0.05) is 63.0 Å². The average Bonchev–Trinajstić information content (AvgIpc) is 2.91. The largest absolute Gasteiger partial charge is 0.0956 e. The molecule has 0 aromatic rings. The van der Waals surface area contributed by atoms with Crippen molar-refractivity contribution in [3.8, 4) is 0 Å². The Kier molecular flexibility index (Phi) is 6.06. The van der Waals surface area contributed by atoms with Crippen molar-refractivity contribution in [1.82, 2.24) is 0 Å². The van der Waals surface area contributed by atoms with E-state index in [0.29, 0.717) is 5.41 Å². The van der Waals surface area contributed by atoms with E-state index in [0.717, 1.165) is 11.8 Å². The van der Waals surface area contributed by atoms with Crippen LogP contribution in [-0.4, -0.2) is 0 Å². The van der Waals surface area contributed by atoms with E-state index >= 15 is 0 Å². The first-order valence-electron chi connectivity index (χ1n) is 10.7. The van der Waals surface area contributed by atoms with Gasteiger partial charge in [0.15, 0.2) is 0 Å². The predicted molar refractivity (Wildman–Crippen MR) is 106 cm³/mol. The fourth-order valence-corrected chi connectivity index (χ4v) is 5.86. The summed E-state index contributed by atoms with van der Waals surface area (Å²) in [4.78, 5) is 0. The molecule has 0 aliphatic heterocycles. The molecule has 0 heterocycles. The van der Waals surface area contributed by atoms with E-state index in [1.54, 1.807) is 11.1 Å². The molecule has 3 unspecified atom stereocenters. The Labute approximate surface area is 150 Å². The molecule has 0 aromatic heterocycles. The molecule has 0 N–H and O–H groups in total. The Morgan fingerprint density at radius 1 is 1.04 bits per heavy atom. The van der Waals surface area contributed by atoms with E-state index in [4.69, 9.17) is 0 Å². The minimum absolute atomic E-state index is 0.597. The summed E-state index contributed by atoms with van der Waals surface area (Å²) in [5, 5.41) is 0. The Balaban J connectivity index is 1.71. The van der Waals surface area contributed by atoms with Crippen LogP contribution in [0.1, 0.15) is 97.3 Å². The molecule has 134 valence electrons. The molecule has 3 fully saturated rings. The zero-order chi connectivity index (χ0) is 17.0. The third kappa shape index (κ3) is 3.73. The van der Waals surface area contributed by atoms with Gasteiger partial charge in [-0.15, -0.1) is 0 Å². The maximum atomic E-state index is 4.30. The van der Waals surface area contributed by atoms with Gasteiger partial charge >= 0.3 is 0 Å². The van der Waals surface area contributed by atoms with E-state index in [1.165, 1.54) is 89.0 Å². The highest BCUT2D eigenvalue weighted by Crippen LogP contribution is 2.58. The van der Waals surface area contributed by atoms with Crippen LogP contribution in [0.5, 0.6) is 0 Å². The first kappa shape index (κ1) is 18.0. The molecule has 0 radical (unpaired) electrons. The second-order valence-electron chi connectivity index (χ2n) is 8.93. The molecule has 0 bridgehead atoms. The fourth-order valence-electron chi connectivity index (χ4n) is 5.86. The van der Waals surface area contributed by atoms with Gasteiger partial charge in [0.05, 0.1) is 0 Å². The summed E-state index contributed by atoms with van der Waals surface area (Å²) in [6.45, 7) is 9.25. The molecule has 0 heteroatoms. The van der Waals surface area contributed by atoms with Gasteiger partial charge in [-0.2, -0.15) is 0 Å². The summed E-state index contributed by atoms with van der Waals surface area (Å²) in [6, 6.07) is 0. The number of fused-ring (bicyclic) bond motifs is 1. The lowest BCUT2D eigenvalue weighted by Crippen LogP contribution is -2.33. The fraction of sp³-hybridized carbons (Fsp3) is 0.750. The van der Waals surface area contributed by atoms with Crippen molar-refractivity contribution in [2.24, 2.45) is 17.3 Å². The molecule has 0 spiro atoms. The van der Waals surface area contributed by atoms with Gasteiger partial charge in [-0.25, -0.2) is 0 Å². The Morgan fingerprint density at radius 3 is 2.67 bits per heavy atom. The molecule has 0 aromatic carbocycles. The second-order valence-corrected chi connectivity index (χ2v) is 8.93. The smallest absolute Gasteiger partial charge is 0.0143 e. The van der Waals surface area contributed by atoms with Crippen LogP contribution in [0.2, 0.25) is 0 Å². The first-order valence-corrected chi connectivity index (χ1v) is 10.7. The number of hydrogen-bond donors (Lipinski definition) is 0. The highest BCUT2D eigenvalue weighted by molar-refractivity contribution is 5.35. The molecule has 0 amide bonds. The highest BCUT2D eigenvalue weighted by Gasteiger charge is 2.48. The minimum atomic E-state index is 0.597. The molecule has 24 heavy (non-hydrogen) atoms. The number of allylic oxidation sites excluding steroid dienone is 5. The second kappa shape index (κ2) is 8.07. The van der Waals surface area contributed by atoms with Gasteiger partial charge in [-0.3, -0.25) is 0 Å². The van der Waals surface area contributed by atoms with E-state index in [2.05, 4.69) is 32.6 Å². The van der Waals surface area contributed by atoms with E-state index in [9.17, 15) is 0 Å². The van der Waals surface area contributed by atoms with Crippen LogP contribution in [0.15, 0.2) is 35.5 Å². The summed E-state index contributed by atoms with van der Waals surface area (Å²) in [5.41, 5.74) is 5.31. The van der Waals surface area contributed by atoms with Crippen LogP contribution in [0.25, 0.3) is 0 Å². The highest BCUT2D eigenvalue weighted by atomic mass is 14.5. The summed E-state index contributed by atoms with van der Waals surface area (Å²) in [7, 11) is 0. The van der Waals surface area contributed by atoms with Crippen LogP contribution in [-0.2, 0) is 0 Å². The predicted octanol–water partition coefficient (Wildman–Crippen LogP) is 7.77. The summed E-state index contributed by atoms with van der Waals surface area (Å²) in [6.07, 6.45) is 23.0. The molecule has 3 atom stereocenters. The third-order valence-corrected chi connectivity index (χ3v) is 7.44. The summed E-state index contributed by atoms with van der Waals surface area (Å²) >= 11 is 0. The topological polar surface area (TPSA) is 0 Å². The van der Waals surface area contributed by atoms with Crippen LogP contribution in [0.4, 0.5) is 0 Å². The molecule has 3 aliphatic carbocycles. The van der Waals surface area contributed by atoms with Crippen molar-refractivity contribution < 1.29 is 0 Å². The lowest BCUT2D eigenvalue weighted by Gasteiger charge is -2.42. The van der Waals surface area contributed by atoms with Gasteiger partial charge in [0, 0.05) is 0 Å². The average molecular weight is 327 g/mol. The first-order chi connectivity index (χ1) is 11.6. The van der Waals surface area contributed by atoms with E-state index < -0.39 is 0 Å². The van der Waals surface area contributed by atoms with Crippen molar-refractivity contribution in [2.45, 2.75) is 97.3 Å². The van der Waals surface area contributed by atoms with Crippen molar-refractivity contribution >= 4 is 0 Å². The molecule has 3 saturated carbocycles. The lowest BCUT2D eigenvalue weighted by molar-refractivity contribution is 0.127. The molecule has 0 nitrogen and oxygen atoms in total. The zero-order valence-electron chi connectivity index (χ0n) is 16.2. The SMILES string of the molecule is C=C1CCCC/C1=C/C=C1\CCCC2(C)C(CCCCC)CCC12. The summed E-state index contributed by atoms with van der Waals surface area (Å²) in [5.74, 6) is 1.85. The van der Waals surface area contributed by atoms with Crippen molar-refractivity contribution in [3.05, 3.63) is 35.5 Å². The Morgan fingerprint density at radius 2 is 1.88 bits per heavy atom. The van der Waals surface area contributed by atoms with Gasteiger partial charge in [-0.05, 0) is 87.0 Å². The minimum Gasteiger partial charge on any atom is -0.0956 e. The standard InChI is InChI=1S/C24H38/c1-4-5-6-13-22-16-17-23-21(12-9-18-24(22,23)3)15-14-20-11-8-7-10-19(20)2/h14-15,22-23H,2,4-13,16-18H2,1,3H3/b20-14-,21-15+. The maximum absolute atomic E-state index is 4.30. The maximum Gasteiger partial charge on any atom is -0.0143 e. The number of rotatable bonds is 5. The lowest BCUT2D eigenvalue weighted by atomic mass is 9.62. The molecule has 3 aliphatic rings. The van der Waals surface area contributed by atoms with Crippen LogP contribution < -0.4 is 0 Å². The van der Waals surface area contributed by atoms with Crippen LogP contribution in [0.3, 0.4) is 0 Å².